The molecule has 0 aliphatic rings. The van der Waals surface area contributed by atoms with Crippen molar-refractivity contribution in [2.75, 3.05) is 27.2 Å². The lowest BCUT2D eigenvalue weighted by atomic mass is 10.1. The highest BCUT2D eigenvalue weighted by atomic mass is 32.1. The van der Waals surface area contributed by atoms with Gasteiger partial charge in [-0.25, -0.2) is 4.98 Å². The fraction of sp³-hybridized carbons (Fsp3) is 0.583. The number of hydrogen-bond acceptors (Lipinski definition) is 6. The Bertz CT molecular complexity index is 447. The molecule has 106 valence electrons. The molecule has 2 N–H and O–H groups in total. The molecule has 0 aliphatic carbocycles. The van der Waals surface area contributed by atoms with Crippen LogP contribution in [0.4, 0.5) is 0 Å². The van der Waals surface area contributed by atoms with Crippen LogP contribution in [0.15, 0.2) is 5.38 Å². The standard InChI is InChI=1S/C12H19N3O3S/c1-8(12(17)18-3)6-15(2)11(16)9-7-19-10(14-9)4-5-13/h7-8H,4-6,13H2,1-3H3. The van der Waals surface area contributed by atoms with Crippen molar-refractivity contribution in [2.24, 2.45) is 11.7 Å². The van der Waals surface area contributed by atoms with Gasteiger partial charge in [-0.3, -0.25) is 9.59 Å². The maximum atomic E-state index is 12.1. The molecule has 1 aromatic rings. The van der Waals surface area contributed by atoms with Crippen LogP contribution in [0, 0.1) is 5.92 Å². The largest absolute Gasteiger partial charge is 0.469 e. The molecule has 0 saturated carbocycles. The predicted octanol–water partition coefficient (Wildman–Crippen LogP) is 0.525. The first-order chi connectivity index (χ1) is 8.99. The maximum Gasteiger partial charge on any atom is 0.310 e. The smallest absolute Gasteiger partial charge is 0.310 e. The third kappa shape index (κ3) is 4.29. The monoisotopic (exact) mass is 285 g/mol. The number of aromatic nitrogens is 1. The third-order valence-electron chi connectivity index (χ3n) is 2.63. The Morgan fingerprint density at radius 3 is 2.84 bits per heavy atom. The zero-order valence-electron chi connectivity index (χ0n) is 11.4. The number of amides is 1. The van der Waals surface area contributed by atoms with E-state index in [0.717, 1.165) is 5.01 Å². The number of nitrogens with two attached hydrogens (primary N) is 1. The van der Waals surface area contributed by atoms with Crippen LogP contribution in [0.25, 0.3) is 0 Å². The Hall–Kier alpha value is -1.47. The lowest BCUT2D eigenvalue weighted by Gasteiger charge is -2.19. The summed E-state index contributed by atoms with van der Waals surface area (Å²) < 4.78 is 4.63. The van der Waals surface area contributed by atoms with Gasteiger partial charge in [0.1, 0.15) is 5.69 Å². The molecule has 1 amide bonds. The normalized spacial score (nSPS) is 12.0. The van der Waals surface area contributed by atoms with Crippen molar-refractivity contribution in [3.8, 4) is 0 Å². The zero-order valence-corrected chi connectivity index (χ0v) is 12.2. The van der Waals surface area contributed by atoms with Gasteiger partial charge in [0.25, 0.3) is 5.91 Å². The highest BCUT2D eigenvalue weighted by Gasteiger charge is 2.21. The van der Waals surface area contributed by atoms with E-state index in [1.54, 1.807) is 19.4 Å². The van der Waals surface area contributed by atoms with Gasteiger partial charge in [0.2, 0.25) is 0 Å². The van der Waals surface area contributed by atoms with Gasteiger partial charge in [0.15, 0.2) is 0 Å². The van der Waals surface area contributed by atoms with Gasteiger partial charge in [-0.1, -0.05) is 6.92 Å². The van der Waals surface area contributed by atoms with E-state index in [1.807, 2.05) is 0 Å². The molecule has 0 bridgehead atoms. The molecular weight excluding hydrogens is 266 g/mol. The third-order valence-corrected chi connectivity index (χ3v) is 3.54. The summed E-state index contributed by atoms with van der Waals surface area (Å²) in [6.07, 6.45) is 0.667. The number of thiazole rings is 1. The summed E-state index contributed by atoms with van der Waals surface area (Å²) >= 11 is 1.42. The Balaban J connectivity index is 2.63. The fourth-order valence-corrected chi connectivity index (χ4v) is 2.40. The summed E-state index contributed by atoms with van der Waals surface area (Å²) in [5.41, 5.74) is 5.84. The van der Waals surface area contributed by atoms with Gasteiger partial charge in [0.05, 0.1) is 18.0 Å². The van der Waals surface area contributed by atoms with Crippen molar-refractivity contribution in [2.45, 2.75) is 13.3 Å². The van der Waals surface area contributed by atoms with Crippen molar-refractivity contribution in [3.63, 3.8) is 0 Å². The van der Waals surface area contributed by atoms with Gasteiger partial charge >= 0.3 is 5.97 Å². The van der Waals surface area contributed by atoms with Crippen LogP contribution < -0.4 is 5.73 Å². The molecular formula is C12H19N3O3S. The van der Waals surface area contributed by atoms with Crippen LogP contribution in [-0.4, -0.2) is 49.0 Å². The Kier molecular flexibility index (Phi) is 5.91. The van der Waals surface area contributed by atoms with E-state index in [1.165, 1.54) is 23.3 Å². The van der Waals surface area contributed by atoms with Crippen LogP contribution in [0.2, 0.25) is 0 Å². The minimum atomic E-state index is -0.360. The van der Waals surface area contributed by atoms with Crippen LogP contribution >= 0.6 is 11.3 Å². The molecule has 0 radical (unpaired) electrons. The number of ether oxygens (including phenoxy) is 1. The average molecular weight is 285 g/mol. The van der Waals surface area contributed by atoms with Gasteiger partial charge in [-0.2, -0.15) is 0 Å². The summed E-state index contributed by atoms with van der Waals surface area (Å²) in [5, 5.41) is 2.56. The summed E-state index contributed by atoms with van der Waals surface area (Å²) in [4.78, 5) is 29.1. The number of carbonyl (C=O) groups is 2. The number of hydrogen-bond donors (Lipinski definition) is 1. The molecule has 1 atom stereocenters. The van der Waals surface area contributed by atoms with Crippen molar-refractivity contribution in [3.05, 3.63) is 16.1 Å². The first-order valence-corrected chi connectivity index (χ1v) is 6.85. The number of nitrogens with zero attached hydrogens (tertiary/aromatic N) is 2. The van der Waals surface area contributed by atoms with E-state index in [2.05, 4.69) is 9.72 Å². The second-order valence-electron chi connectivity index (χ2n) is 4.28. The maximum absolute atomic E-state index is 12.1. The van der Waals surface area contributed by atoms with Crippen LogP contribution in [-0.2, 0) is 16.0 Å². The summed E-state index contributed by atoms with van der Waals surface area (Å²) in [5.74, 6) is -0.891. The molecule has 0 fully saturated rings. The minimum Gasteiger partial charge on any atom is -0.469 e. The zero-order chi connectivity index (χ0) is 14.4. The molecule has 1 unspecified atom stereocenters. The summed E-state index contributed by atoms with van der Waals surface area (Å²) in [6, 6.07) is 0. The number of carbonyl (C=O) groups excluding carboxylic acids is 2. The number of methoxy groups -OCH3 is 1. The number of rotatable bonds is 6. The highest BCUT2D eigenvalue weighted by Crippen LogP contribution is 2.12. The molecule has 0 aliphatic heterocycles. The van der Waals surface area contributed by atoms with E-state index in [4.69, 9.17) is 5.73 Å². The van der Waals surface area contributed by atoms with Gasteiger partial charge in [-0.15, -0.1) is 11.3 Å². The molecule has 1 aromatic heterocycles. The van der Waals surface area contributed by atoms with Crippen LogP contribution in [0.3, 0.4) is 0 Å². The van der Waals surface area contributed by atoms with E-state index < -0.39 is 0 Å². The Morgan fingerprint density at radius 2 is 2.26 bits per heavy atom. The van der Waals surface area contributed by atoms with E-state index in [9.17, 15) is 9.59 Å². The van der Waals surface area contributed by atoms with Gasteiger partial charge < -0.3 is 15.4 Å². The van der Waals surface area contributed by atoms with Crippen LogP contribution in [0.1, 0.15) is 22.4 Å². The number of esters is 1. The van der Waals surface area contributed by atoms with Crippen LogP contribution in [0.5, 0.6) is 0 Å². The Labute approximate surface area is 116 Å². The molecule has 19 heavy (non-hydrogen) atoms. The molecule has 6 nitrogen and oxygen atoms in total. The van der Waals surface area contributed by atoms with E-state index >= 15 is 0 Å². The fourth-order valence-electron chi connectivity index (χ4n) is 1.61. The summed E-state index contributed by atoms with van der Waals surface area (Å²) in [7, 11) is 2.98. The molecule has 1 heterocycles. The first-order valence-electron chi connectivity index (χ1n) is 5.97. The molecule has 1 rings (SSSR count). The van der Waals surface area contributed by atoms with Crippen molar-refractivity contribution in [1.82, 2.24) is 9.88 Å². The average Bonchev–Trinajstić information content (AvgIpc) is 2.85. The van der Waals surface area contributed by atoms with E-state index in [0.29, 0.717) is 25.2 Å². The molecule has 7 heteroatoms. The lowest BCUT2D eigenvalue weighted by Crippen LogP contribution is -2.34. The SMILES string of the molecule is COC(=O)C(C)CN(C)C(=O)c1csc(CCN)n1. The second-order valence-corrected chi connectivity index (χ2v) is 5.22. The molecule has 0 spiro atoms. The molecule has 0 saturated heterocycles. The van der Waals surface area contributed by atoms with Crippen molar-refractivity contribution < 1.29 is 14.3 Å². The lowest BCUT2D eigenvalue weighted by molar-refractivity contribution is -0.145. The Morgan fingerprint density at radius 1 is 1.58 bits per heavy atom. The summed E-state index contributed by atoms with van der Waals surface area (Å²) in [6.45, 7) is 2.53. The van der Waals surface area contributed by atoms with Crippen molar-refractivity contribution >= 4 is 23.2 Å². The topological polar surface area (TPSA) is 85.5 Å². The quantitative estimate of drug-likeness (QED) is 0.770. The first kappa shape index (κ1) is 15.6. The van der Waals surface area contributed by atoms with E-state index in [-0.39, 0.29) is 17.8 Å². The van der Waals surface area contributed by atoms with Crippen molar-refractivity contribution in [1.29, 1.82) is 0 Å². The predicted molar refractivity (Wildman–Crippen MR) is 73.0 cm³/mol. The van der Waals surface area contributed by atoms with Gasteiger partial charge in [0, 0.05) is 25.4 Å². The highest BCUT2D eigenvalue weighted by molar-refractivity contribution is 7.09. The minimum absolute atomic E-state index is 0.199. The molecule has 0 aromatic carbocycles. The second kappa shape index (κ2) is 7.20. The van der Waals surface area contributed by atoms with Gasteiger partial charge in [-0.05, 0) is 6.54 Å².